The first-order valence-electron chi connectivity index (χ1n) is 9.70. The van der Waals surface area contributed by atoms with Crippen molar-refractivity contribution in [2.24, 2.45) is 10.9 Å². The van der Waals surface area contributed by atoms with Gasteiger partial charge in [-0.1, -0.05) is 24.3 Å². The number of rotatable bonds is 7. The minimum Gasteiger partial charge on any atom is -0.340 e. The number of carbonyl (C=O) groups is 1. The second-order valence-corrected chi connectivity index (χ2v) is 7.08. The van der Waals surface area contributed by atoms with Gasteiger partial charge in [0.15, 0.2) is 11.6 Å². The van der Waals surface area contributed by atoms with Crippen LogP contribution in [0.2, 0.25) is 0 Å². The highest BCUT2D eigenvalue weighted by Gasteiger charge is 2.07. The summed E-state index contributed by atoms with van der Waals surface area (Å²) in [6.07, 6.45) is 4.71. The summed E-state index contributed by atoms with van der Waals surface area (Å²) < 4.78 is 0. The summed E-state index contributed by atoms with van der Waals surface area (Å²) in [5.41, 5.74) is 5.65. The molecule has 0 radical (unpaired) electrons. The predicted octanol–water partition coefficient (Wildman–Crippen LogP) is 4.50. The topological polar surface area (TPSA) is 117 Å². The third-order valence-electron chi connectivity index (χ3n) is 4.84. The number of hydrazone groups is 1. The number of benzene rings is 2. The van der Waals surface area contributed by atoms with Crippen LogP contribution in [0.5, 0.6) is 0 Å². The third kappa shape index (κ3) is 5.27. The van der Waals surface area contributed by atoms with Crippen molar-refractivity contribution in [2.45, 2.75) is 20.8 Å². The molecule has 1 aromatic heterocycles. The fourth-order valence-corrected chi connectivity index (χ4v) is 2.95. The molecule has 1 heterocycles. The van der Waals surface area contributed by atoms with Crippen LogP contribution in [0, 0.1) is 12.3 Å². The van der Waals surface area contributed by atoms with Gasteiger partial charge < -0.3 is 16.6 Å². The van der Waals surface area contributed by atoms with Crippen LogP contribution < -0.4 is 11.2 Å². The molecule has 0 aliphatic carbocycles. The number of ketones is 1. The van der Waals surface area contributed by atoms with Crippen LogP contribution in [0.3, 0.4) is 0 Å². The molecule has 0 atom stereocenters. The van der Waals surface area contributed by atoms with Gasteiger partial charge in [-0.3, -0.25) is 4.79 Å². The smallest absolute Gasteiger partial charge is 0.161 e. The molecule has 7 nitrogen and oxygen atoms in total. The van der Waals surface area contributed by atoms with Crippen LogP contribution in [0.25, 0.3) is 17.5 Å². The Bertz CT molecular complexity index is 1180. The molecular formula is C24H24N6O. The largest absolute Gasteiger partial charge is 0.340 e. The predicted molar refractivity (Wildman–Crippen MR) is 126 cm³/mol. The van der Waals surface area contributed by atoms with Gasteiger partial charge in [0.25, 0.3) is 0 Å². The Morgan fingerprint density at radius 3 is 2.48 bits per heavy atom. The Balaban J connectivity index is 1.82. The summed E-state index contributed by atoms with van der Waals surface area (Å²) in [4.78, 5) is 20.5. The third-order valence-corrected chi connectivity index (χ3v) is 4.84. The first-order chi connectivity index (χ1) is 14.9. The van der Waals surface area contributed by atoms with E-state index in [1.807, 2.05) is 62.4 Å². The zero-order valence-corrected chi connectivity index (χ0v) is 17.7. The zero-order chi connectivity index (χ0) is 22.4. The van der Waals surface area contributed by atoms with Gasteiger partial charge in [-0.25, -0.2) is 9.97 Å². The molecule has 3 aromatic rings. The van der Waals surface area contributed by atoms with Gasteiger partial charge in [0.05, 0.1) is 0 Å². The van der Waals surface area contributed by atoms with Crippen molar-refractivity contribution in [3.05, 3.63) is 77.0 Å². The molecule has 0 spiro atoms. The Hall–Kier alpha value is -4.13. The molecule has 3 rings (SSSR count). The number of hydrogen-bond acceptors (Lipinski definition) is 7. The summed E-state index contributed by atoms with van der Waals surface area (Å²) in [5, 5.41) is 14.2. The van der Waals surface area contributed by atoms with Gasteiger partial charge in [0, 0.05) is 29.2 Å². The lowest BCUT2D eigenvalue weighted by Gasteiger charge is -2.09. The van der Waals surface area contributed by atoms with Crippen LogP contribution in [-0.2, 0) is 4.79 Å². The highest BCUT2D eigenvalue weighted by Crippen LogP contribution is 2.23. The van der Waals surface area contributed by atoms with E-state index in [9.17, 15) is 4.79 Å². The summed E-state index contributed by atoms with van der Waals surface area (Å²) in [6.45, 7) is 5.38. The van der Waals surface area contributed by atoms with Gasteiger partial charge in [-0.05, 0) is 67.8 Å². The van der Waals surface area contributed by atoms with E-state index >= 15 is 0 Å². The van der Waals surface area contributed by atoms with Crippen molar-refractivity contribution in [3.63, 3.8) is 0 Å². The van der Waals surface area contributed by atoms with E-state index in [0.717, 1.165) is 39.7 Å². The maximum absolute atomic E-state index is 11.5. The van der Waals surface area contributed by atoms with E-state index in [0.29, 0.717) is 17.4 Å². The van der Waals surface area contributed by atoms with Crippen LogP contribution in [0.15, 0.2) is 65.4 Å². The van der Waals surface area contributed by atoms with Crippen LogP contribution in [-0.4, -0.2) is 27.7 Å². The zero-order valence-electron chi connectivity index (χ0n) is 17.7. The second-order valence-electron chi connectivity index (χ2n) is 7.08. The monoisotopic (exact) mass is 412 g/mol. The van der Waals surface area contributed by atoms with Gasteiger partial charge in [0.1, 0.15) is 11.5 Å². The number of carbonyl (C=O) groups excluding carboxylic acids is 1. The minimum atomic E-state index is 0.0583. The molecule has 0 bridgehead atoms. The quantitative estimate of drug-likeness (QED) is 0.229. The number of hydrogen-bond donors (Lipinski definition) is 3. The van der Waals surface area contributed by atoms with E-state index in [1.54, 1.807) is 19.2 Å². The minimum absolute atomic E-state index is 0.0583. The molecular weight excluding hydrogens is 388 g/mol. The molecule has 0 saturated heterocycles. The number of aromatic nitrogens is 2. The molecule has 2 aromatic carbocycles. The van der Waals surface area contributed by atoms with Crippen molar-refractivity contribution in [1.82, 2.24) is 9.97 Å². The van der Waals surface area contributed by atoms with Gasteiger partial charge in [-0.15, -0.1) is 0 Å². The van der Waals surface area contributed by atoms with Crippen LogP contribution in [0.1, 0.15) is 30.5 Å². The number of nitrogens with one attached hydrogen (secondary N) is 2. The lowest BCUT2D eigenvalue weighted by Crippen LogP contribution is -2.05. The Labute approximate surface area is 181 Å². The van der Waals surface area contributed by atoms with Crippen molar-refractivity contribution >= 4 is 35.3 Å². The van der Waals surface area contributed by atoms with Gasteiger partial charge in [0.2, 0.25) is 0 Å². The number of allylic oxidation sites excluding steroid dienone is 1. The second kappa shape index (κ2) is 9.58. The molecule has 4 N–H and O–H groups in total. The molecule has 156 valence electrons. The summed E-state index contributed by atoms with van der Waals surface area (Å²) in [5.74, 6) is 6.61. The standard InChI is InChI=1S/C24H24N6O/c1-15(17(3)31)12-19-4-5-20(13-16(19)2)24-27-11-10-23(29-24)28-21-8-6-18(7-9-21)22(14-25)30-26/h4-14,25H,26H2,1-3H3,(H,27,28,29)/b15-12+,25-14?,30-22+. The van der Waals surface area contributed by atoms with Crippen LogP contribution in [0.4, 0.5) is 11.5 Å². The molecule has 0 unspecified atom stereocenters. The number of Topliss-reactive ketones (excluding diaryl/α,β-unsaturated/α-hetero) is 1. The molecule has 0 aliphatic rings. The molecule has 31 heavy (non-hydrogen) atoms. The maximum atomic E-state index is 11.5. The summed E-state index contributed by atoms with van der Waals surface area (Å²) in [6, 6.07) is 15.1. The Morgan fingerprint density at radius 2 is 1.87 bits per heavy atom. The molecule has 0 saturated carbocycles. The first kappa shape index (κ1) is 21.6. The number of nitrogens with two attached hydrogens (primary N) is 1. The molecule has 0 amide bonds. The average molecular weight is 412 g/mol. The molecule has 0 fully saturated rings. The highest BCUT2D eigenvalue weighted by atomic mass is 16.1. The molecule has 0 aliphatic heterocycles. The van der Waals surface area contributed by atoms with Crippen molar-refractivity contribution in [2.75, 3.05) is 5.32 Å². The number of anilines is 2. The van der Waals surface area contributed by atoms with E-state index in [4.69, 9.17) is 11.3 Å². The fourth-order valence-electron chi connectivity index (χ4n) is 2.95. The lowest BCUT2D eigenvalue weighted by molar-refractivity contribution is -0.113. The SMILES string of the molecule is CC(=O)/C(C)=C/c1ccc(-c2nccc(Nc3ccc(/C(C=N)=N/N)cc3)n2)cc1C. The van der Waals surface area contributed by atoms with Gasteiger partial charge >= 0.3 is 0 Å². The lowest BCUT2D eigenvalue weighted by atomic mass is 10.0. The number of aryl methyl sites for hydroxylation is 1. The summed E-state index contributed by atoms with van der Waals surface area (Å²) >= 11 is 0. The van der Waals surface area contributed by atoms with Gasteiger partial charge in [-0.2, -0.15) is 5.10 Å². The summed E-state index contributed by atoms with van der Waals surface area (Å²) in [7, 11) is 0. The van der Waals surface area contributed by atoms with E-state index in [-0.39, 0.29) is 5.78 Å². The maximum Gasteiger partial charge on any atom is 0.161 e. The van der Waals surface area contributed by atoms with E-state index in [1.165, 1.54) is 0 Å². The highest BCUT2D eigenvalue weighted by molar-refractivity contribution is 6.37. The van der Waals surface area contributed by atoms with Crippen molar-refractivity contribution in [3.8, 4) is 11.4 Å². The van der Waals surface area contributed by atoms with E-state index < -0.39 is 0 Å². The Morgan fingerprint density at radius 1 is 1.13 bits per heavy atom. The van der Waals surface area contributed by atoms with Crippen molar-refractivity contribution in [1.29, 1.82) is 5.41 Å². The number of nitrogens with zero attached hydrogens (tertiary/aromatic N) is 3. The normalized spacial score (nSPS) is 11.8. The van der Waals surface area contributed by atoms with Crippen LogP contribution >= 0.6 is 0 Å². The Kier molecular flexibility index (Phi) is 6.67. The fraction of sp³-hybridized carbons (Fsp3) is 0.125. The van der Waals surface area contributed by atoms with Crippen molar-refractivity contribution < 1.29 is 4.79 Å². The van der Waals surface area contributed by atoms with E-state index in [2.05, 4.69) is 20.4 Å². The molecule has 7 heteroatoms. The average Bonchev–Trinajstić information content (AvgIpc) is 2.77. The first-order valence-corrected chi connectivity index (χ1v) is 9.70.